The molecule has 0 spiro atoms. The lowest BCUT2D eigenvalue weighted by atomic mass is 10.2. The van der Waals surface area contributed by atoms with Gasteiger partial charge >= 0.3 is 0 Å². The Kier molecular flexibility index (Phi) is 3.59. The molecule has 0 aliphatic rings. The van der Waals surface area contributed by atoms with E-state index >= 15 is 0 Å². The molecule has 0 unspecified atom stereocenters. The first-order valence-corrected chi connectivity index (χ1v) is 4.01. The van der Waals surface area contributed by atoms with Crippen LogP contribution in [0.4, 0.5) is 0 Å². The van der Waals surface area contributed by atoms with Crippen LogP contribution in [0, 0.1) is 11.8 Å². The van der Waals surface area contributed by atoms with E-state index in [1.165, 1.54) is 0 Å². The van der Waals surface area contributed by atoms with Crippen molar-refractivity contribution in [1.29, 1.82) is 0 Å². The lowest BCUT2D eigenvalue weighted by molar-refractivity contribution is 0.281. The molecule has 0 amide bonds. The van der Waals surface area contributed by atoms with Gasteiger partial charge in [0.05, 0.1) is 12.5 Å². The Morgan fingerprint density at radius 2 is 2.33 bits per heavy atom. The Morgan fingerprint density at radius 3 is 2.83 bits per heavy atom. The summed E-state index contributed by atoms with van der Waals surface area (Å²) in [5, 5.41) is 8.71. The Balaban J connectivity index is 2.78. The maximum absolute atomic E-state index is 8.71. The van der Waals surface area contributed by atoms with E-state index in [1.54, 1.807) is 18.3 Å². The van der Waals surface area contributed by atoms with E-state index in [0.29, 0.717) is 11.6 Å². The van der Waals surface area contributed by atoms with Crippen molar-refractivity contribution >= 4 is 11.6 Å². The van der Waals surface area contributed by atoms with Crippen LogP contribution in [0.5, 0.6) is 0 Å². The maximum Gasteiger partial charge on any atom is 0.113 e. The smallest absolute Gasteiger partial charge is 0.113 e. The summed E-state index contributed by atoms with van der Waals surface area (Å²) in [6.07, 6.45) is 1.60. The van der Waals surface area contributed by atoms with Gasteiger partial charge in [-0.1, -0.05) is 12.0 Å². The van der Waals surface area contributed by atoms with Crippen LogP contribution in [0.25, 0.3) is 0 Å². The zero-order valence-electron chi connectivity index (χ0n) is 6.42. The highest BCUT2D eigenvalue weighted by Gasteiger charge is 1.89. The van der Waals surface area contributed by atoms with Crippen molar-refractivity contribution in [3.63, 3.8) is 0 Å². The summed E-state index contributed by atoms with van der Waals surface area (Å²) < 4.78 is 0. The summed E-state index contributed by atoms with van der Waals surface area (Å²) >= 11 is 5.37. The Labute approximate surface area is 76.2 Å². The van der Waals surface area contributed by atoms with E-state index in [2.05, 4.69) is 16.8 Å². The van der Waals surface area contributed by atoms with Gasteiger partial charge in [-0.05, 0) is 17.6 Å². The average molecular weight is 182 g/mol. The van der Waals surface area contributed by atoms with Gasteiger partial charge < -0.3 is 5.11 Å². The maximum atomic E-state index is 8.71. The van der Waals surface area contributed by atoms with Gasteiger partial charge in [0.25, 0.3) is 0 Å². The van der Waals surface area contributed by atoms with Gasteiger partial charge in [0.15, 0.2) is 0 Å². The van der Waals surface area contributed by atoms with Crippen LogP contribution in [0.15, 0.2) is 18.3 Å². The Morgan fingerprint density at radius 1 is 1.50 bits per heavy atom. The van der Waals surface area contributed by atoms with Crippen LogP contribution >= 0.6 is 11.6 Å². The van der Waals surface area contributed by atoms with Crippen molar-refractivity contribution in [3.8, 4) is 11.8 Å². The van der Waals surface area contributed by atoms with Crippen LogP contribution in [0.3, 0.4) is 0 Å². The van der Waals surface area contributed by atoms with Crippen molar-refractivity contribution in [2.45, 2.75) is 6.61 Å². The first kappa shape index (κ1) is 9.05. The fourth-order valence-corrected chi connectivity index (χ4v) is 0.783. The second kappa shape index (κ2) is 4.76. The molecule has 1 aromatic rings. The minimum Gasteiger partial charge on any atom is -0.392 e. The molecule has 0 aliphatic carbocycles. The third-order valence-electron chi connectivity index (χ3n) is 1.29. The predicted molar refractivity (Wildman–Crippen MR) is 47.8 cm³/mol. The van der Waals surface area contributed by atoms with Gasteiger partial charge in [0.2, 0.25) is 0 Å². The standard InChI is InChI=1S/C9H8ClNO/c10-5-1-2-9-4-3-8(7-12)6-11-9/h3-4,6,12H,5,7H2. The molecular formula is C9H8ClNO. The van der Waals surface area contributed by atoms with Gasteiger partial charge in [0, 0.05) is 6.20 Å². The molecule has 0 saturated carbocycles. The van der Waals surface area contributed by atoms with E-state index in [4.69, 9.17) is 16.7 Å². The van der Waals surface area contributed by atoms with Crippen LogP contribution in [-0.2, 0) is 6.61 Å². The number of pyridine rings is 1. The molecule has 0 aliphatic heterocycles. The number of halogens is 1. The number of aliphatic hydroxyl groups excluding tert-OH is 1. The summed E-state index contributed by atoms with van der Waals surface area (Å²) in [6, 6.07) is 3.54. The van der Waals surface area contributed by atoms with E-state index in [-0.39, 0.29) is 6.61 Å². The molecule has 0 fully saturated rings. The quantitative estimate of drug-likeness (QED) is 0.521. The zero-order valence-corrected chi connectivity index (χ0v) is 7.17. The molecule has 1 rings (SSSR count). The lowest BCUT2D eigenvalue weighted by Crippen LogP contribution is -1.87. The first-order valence-electron chi connectivity index (χ1n) is 3.47. The summed E-state index contributed by atoms with van der Waals surface area (Å²) in [5.41, 5.74) is 1.46. The molecule has 0 aromatic carbocycles. The summed E-state index contributed by atoms with van der Waals surface area (Å²) in [5.74, 6) is 5.77. The molecule has 3 heteroatoms. The van der Waals surface area contributed by atoms with Crippen LogP contribution in [0.1, 0.15) is 11.3 Å². The highest BCUT2D eigenvalue weighted by molar-refractivity contribution is 6.19. The average Bonchev–Trinajstić information content (AvgIpc) is 2.15. The largest absolute Gasteiger partial charge is 0.392 e. The number of aromatic nitrogens is 1. The lowest BCUT2D eigenvalue weighted by Gasteiger charge is -1.93. The topological polar surface area (TPSA) is 33.1 Å². The highest BCUT2D eigenvalue weighted by atomic mass is 35.5. The van der Waals surface area contributed by atoms with Crippen molar-refractivity contribution < 1.29 is 5.11 Å². The number of aliphatic hydroxyl groups is 1. The molecular weight excluding hydrogens is 174 g/mol. The van der Waals surface area contributed by atoms with Crippen molar-refractivity contribution in [3.05, 3.63) is 29.6 Å². The SMILES string of the molecule is OCc1ccc(C#CCCl)nc1. The second-order valence-electron chi connectivity index (χ2n) is 2.15. The molecule has 1 N–H and O–H groups in total. The van der Waals surface area contributed by atoms with Gasteiger partial charge in [0.1, 0.15) is 5.69 Å². The number of hydrogen-bond acceptors (Lipinski definition) is 2. The van der Waals surface area contributed by atoms with E-state index in [1.807, 2.05) is 0 Å². The van der Waals surface area contributed by atoms with E-state index in [9.17, 15) is 0 Å². The monoisotopic (exact) mass is 181 g/mol. The van der Waals surface area contributed by atoms with Crippen LogP contribution < -0.4 is 0 Å². The number of hydrogen-bond donors (Lipinski definition) is 1. The predicted octanol–water partition coefficient (Wildman–Crippen LogP) is 1.16. The number of alkyl halides is 1. The molecule has 1 aromatic heterocycles. The molecule has 0 radical (unpaired) electrons. The zero-order chi connectivity index (χ0) is 8.81. The Bertz CT molecular complexity index is 297. The van der Waals surface area contributed by atoms with E-state index in [0.717, 1.165) is 5.56 Å². The van der Waals surface area contributed by atoms with Gasteiger partial charge in [-0.15, -0.1) is 11.6 Å². The minimum absolute atomic E-state index is 0.0101. The summed E-state index contributed by atoms with van der Waals surface area (Å²) in [7, 11) is 0. The summed E-state index contributed by atoms with van der Waals surface area (Å²) in [4.78, 5) is 3.99. The van der Waals surface area contributed by atoms with Gasteiger partial charge in [-0.2, -0.15) is 0 Å². The van der Waals surface area contributed by atoms with Crippen LogP contribution in [-0.4, -0.2) is 16.0 Å². The molecule has 0 bridgehead atoms. The van der Waals surface area contributed by atoms with Gasteiger partial charge in [-0.25, -0.2) is 4.98 Å². The molecule has 1 heterocycles. The van der Waals surface area contributed by atoms with Gasteiger partial charge in [-0.3, -0.25) is 0 Å². The third kappa shape index (κ3) is 2.54. The molecule has 12 heavy (non-hydrogen) atoms. The normalized spacial score (nSPS) is 8.83. The third-order valence-corrected chi connectivity index (χ3v) is 1.42. The minimum atomic E-state index is 0.0101. The summed E-state index contributed by atoms with van der Waals surface area (Å²) in [6.45, 7) is 0.0101. The first-order chi connectivity index (χ1) is 5.86. The Hall–Kier alpha value is -1.04. The van der Waals surface area contributed by atoms with Crippen molar-refractivity contribution in [2.24, 2.45) is 0 Å². The number of nitrogens with zero attached hydrogens (tertiary/aromatic N) is 1. The highest BCUT2D eigenvalue weighted by Crippen LogP contribution is 1.98. The van der Waals surface area contributed by atoms with Crippen LogP contribution in [0.2, 0.25) is 0 Å². The molecule has 0 saturated heterocycles. The molecule has 62 valence electrons. The van der Waals surface area contributed by atoms with Crippen molar-refractivity contribution in [2.75, 3.05) is 5.88 Å². The fourth-order valence-electron chi connectivity index (χ4n) is 0.716. The number of rotatable bonds is 1. The fraction of sp³-hybridized carbons (Fsp3) is 0.222. The molecule has 0 atom stereocenters. The van der Waals surface area contributed by atoms with E-state index < -0.39 is 0 Å². The van der Waals surface area contributed by atoms with Crippen molar-refractivity contribution in [1.82, 2.24) is 4.98 Å². The second-order valence-corrected chi connectivity index (χ2v) is 2.41. The molecule has 2 nitrogen and oxygen atoms in total.